The van der Waals surface area contributed by atoms with Gasteiger partial charge in [0.15, 0.2) is 0 Å². The van der Waals surface area contributed by atoms with Crippen molar-refractivity contribution >= 4 is 23.3 Å². The summed E-state index contributed by atoms with van der Waals surface area (Å²) in [5.74, 6) is -2.83. The second-order valence-electron chi connectivity index (χ2n) is 4.89. The van der Waals surface area contributed by atoms with Crippen molar-refractivity contribution in [2.24, 2.45) is 0 Å². The highest BCUT2D eigenvalue weighted by Crippen LogP contribution is 2.18. The van der Waals surface area contributed by atoms with Gasteiger partial charge in [-0.2, -0.15) is 0 Å². The summed E-state index contributed by atoms with van der Waals surface area (Å²) in [6.45, 7) is -5.71. The highest BCUT2D eigenvalue weighted by atomic mass is 16.6. The molecule has 0 aliphatic heterocycles. The topological polar surface area (TPSA) is 201 Å². The Hall–Kier alpha value is -3.90. The van der Waals surface area contributed by atoms with E-state index in [2.05, 4.69) is 0 Å². The molecule has 0 fully saturated rings. The van der Waals surface area contributed by atoms with Gasteiger partial charge in [-0.15, -0.1) is 0 Å². The van der Waals surface area contributed by atoms with E-state index in [4.69, 9.17) is 25.9 Å². The predicted octanol–water partition coefficient (Wildman–Crippen LogP) is 1.57. The molecule has 0 saturated carbocycles. The number of carbonyl (C=O) groups is 2. The zero-order valence-electron chi connectivity index (χ0n) is 17.6. The van der Waals surface area contributed by atoms with Crippen molar-refractivity contribution in [1.82, 2.24) is 0 Å². The number of hydrogen-bond acceptors (Lipinski definition) is 8. The molecule has 2 aromatic carbocycles. The highest BCUT2D eigenvalue weighted by molar-refractivity contribution is 5.94. The summed E-state index contributed by atoms with van der Waals surface area (Å²) in [6, 6.07) is 4.83. The molecule has 0 amide bonds. The molecule has 0 aliphatic carbocycles. The molecule has 12 heteroatoms. The van der Waals surface area contributed by atoms with Gasteiger partial charge in [0, 0.05) is 24.3 Å². The number of aliphatic hydroxyl groups is 2. The third-order valence-corrected chi connectivity index (χ3v) is 3.01. The van der Waals surface area contributed by atoms with Crippen LogP contribution >= 0.6 is 0 Å². The number of carboxylic acid groups (broad SMARTS) is 2. The summed E-state index contributed by atoms with van der Waals surface area (Å²) >= 11 is 0. The van der Waals surface area contributed by atoms with Gasteiger partial charge in [-0.05, 0) is 17.2 Å². The van der Waals surface area contributed by atoms with Gasteiger partial charge in [-0.1, -0.05) is 6.07 Å². The van der Waals surface area contributed by atoms with Crippen molar-refractivity contribution in [3.8, 4) is 0 Å². The number of aromatic carboxylic acids is 2. The largest absolute Gasteiger partial charge is 0.478 e. The van der Waals surface area contributed by atoms with E-state index in [0.717, 1.165) is 36.4 Å². The first-order valence-electron chi connectivity index (χ1n) is 8.94. The van der Waals surface area contributed by atoms with Gasteiger partial charge < -0.3 is 20.4 Å². The zero-order chi connectivity index (χ0) is 25.0. The summed E-state index contributed by atoms with van der Waals surface area (Å²) in [4.78, 5) is 40.3. The molecular formula is C16H14N2O10. The lowest BCUT2D eigenvalue weighted by atomic mass is 10.1. The van der Waals surface area contributed by atoms with E-state index < -0.39 is 68.5 Å². The first-order valence-corrected chi connectivity index (χ1v) is 6.94. The molecule has 0 saturated heterocycles. The summed E-state index contributed by atoms with van der Waals surface area (Å²) in [6.07, 6.45) is 0. The maximum absolute atomic E-state index is 10.6. The molecule has 0 atom stereocenters. The molecule has 28 heavy (non-hydrogen) atoms. The van der Waals surface area contributed by atoms with Crippen LogP contribution in [0, 0.1) is 20.2 Å². The Morgan fingerprint density at radius 2 is 1.14 bits per heavy atom. The van der Waals surface area contributed by atoms with Gasteiger partial charge in [0.1, 0.15) is 0 Å². The highest BCUT2D eigenvalue weighted by Gasteiger charge is 2.16. The van der Waals surface area contributed by atoms with Crippen molar-refractivity contribution in [3.63, 3.8) is 0 Å². The normalized spacial score (nSPS) is 12.9. The van der Waals surface area contributed by atoms with Crippen LogP contribution < -0.4 is 0 Å². The van der Waals surface area contributed by atoms with Gasteiger partial charge in [-0.3, -0.25) is 20.2 Å². The molecule has 2 rings (SSSR count). The van der Waals surface area contributed by atoms with E-state index in [0.29, 0.717) is 0 Å². The third kappa shape index (κ3) is 6.12. The Morgan fingerprint density at radius 3 is 1.43 bits per heavy atom. The van der Waals surface area contributed by atoms with Crippen molar-refractivity contribution < 1.29 is 45.3 Å². The Bertz CT molecular complexity index is 968. The number of benzene rings is 2. The molecule has 0 bridgehead atoms. The fourth-order valence-electron chi connectivity index (χ4n) is 1.81. The van der Waals surface area contributed by atoms with Crippen LogP contribution in [0.25, 0.3) is 0 Å². The van der Waals surface area contributed by atoms with E-state index in [-0.39, 0.29) is 0 Å². The summed E-state index contributed by atoms with van der Waals surface area (Å²) in [7, 11) is 0. The lowest BCUT2D eigenvalue weighted by Crippen LogP contribution is -2.04. The molecule has 148 valence electrons. The number of nitrogens with zero attached hydrogens (tertiary/aromatic N) is 2. The number of hydrogen-bond donors (Lipinski definition) is 4. The fourth-order valence-corrected chi connectivity index (χ4v) is 1.81. The van der Waals surface area contributed by atoms with Crippen LogP contribution in [0.4, 0.5) is 11.4 Å². The minimum Gasteiger partial charge on any atom is -0.478 e. The molecule has 0 unspecified atom stereocenters. The standard InChI is InChI=1S/C8H5NO6.C8H9NO4/c10-7(11)4-1-5(8(12)13)3-6(2-4)9(14)15;10-4-6-1-7(5-11)3-8(2-6)9(12)13/h1-3H,(H,10,11)(H,12,13);1-3,10-11H,4-5H2/i;4D2,5D2. The molecule has 0 aromatic heterocycles. The molecule has 0 spiro atoms. The molecule has 0 aliphatic rings. The van der Waals surface area contributed by atoms with Crippen LogP contribution in [0.15, 0.2) is 36.4 Å². The first kappa shape index (κ1) is 16.3. The number of carboxylic acids is 2. The number of nitro groups is 2. The van der Waals surface area contributed by atoms with Crippen LogP contribution in [0.5, 0.6) is 0 Å². The van der Waals surface area contributed by atoms with E-state index in [1.807, 2.05) is 0 Å². The van der Waals surface area contributed by atoms with Crippen LogP contribution in [-0.2, 0) is 13.1 Å². The average molecular weight is 398 g/mol. The maximum atomic E-state index is 10.6. The van der Waals surface area contributed by atoms with Crippen LogP contribution in [0.3, 0.4) is 0 Å². The van der Waals surface area contributed by atoms with Gasteiger partial charge in [0.2, 0.25) is 0 Å². The van der Waals surface area contributed by atoms with E-state index in [1.165, 1.54) is 0 Å². The Balaban J connectivity index is 0.000000323. The fraction of sp³-hybridized carbons (Fsp3) is 0.125. The molecule has 0 radical (unpaired) electrons. The second kappa shape index (κ2) is 9.70. The van der Waals surface area contributed by atoms with Gasteiger partial charge >= 0.3 is 11.9 Å². The maximum Gasteiger partial charge on any atom is 0.335 e. The van der Waals surface area contributed by atoms with E-state index in [9.17, 15) is 29.8 Å². The van der Waals surface area contributed by atoms with Gasteiger partial charge in [0.05, 0.1) is 39.6 Å². The van der Waals surface area contributed by atoms with Crippen LogP contribution in [0.2, 0.25) is 0 Å². The predicted molar refractivity (Wildman–Crippen MR) is 92.0 cm³/mol. The Kier molecular flexibility index (Phi) is 5.64. The number of non-ortho nitro benzene ring substituents is 2. The number of rotatable bonds is 6. The molecule has 12 nitrogen and oxygen atoms in total. The van der Waals surface area contributed by atoms with Crippen molar-refractivity contribution in [2.45, 2.75) is 13.1 Å². The van der Waals surface area contributed by atoms with Crippen LogP contribution in [-0.4, -0.2) is 42.2 Å². The van der Waals surface area contributed by atoms with Crippen LogP contribution in [0.1, 0.15) is 37.3 Å². The van der Waals surface area contributed by atoms with E-state index >= 15 is 0 Å². The third-order valence-electron chi connectivity index (χ3n) is 3.01. The summed E-state index contributed by atoms with van der Waals surface area (Å²) < 4.78 is 28.0. The molecule has 0 heterocycles. The summed E-state index contributed by atoms with van der Waals surface area (Å²) in [5, 5.41) is 56.3. The van der Waals surface area contributed by atoms with Crippen molar-refractivity contribution in [3.05, 3.63) is 78.9 Å². The molecular weight excluding hydrogens is 380 g/mol. The van der Waals surface area contributed by atoms with Crippen molar-refractivity contribution in [1.29, 1.82) is 0 Å². The first-order chi connectivity index (χ1) is 14.4. The number of nitro benzene ring substituents is 2. The lowest BCUT2D eigenvalue weighted by molar-refractivity contribution is -0.385. The monoisotopic (exact) mass is 398 g/mol. The van der Waals surface area contributed by atoms with Gasteiger partial charge in [0.25, 0.3) is 11.4 Å². The lowest BCUT2D eigenvalue weighted by Gasteiger charge is -2.00. The summed E-state index contributed by atoms with van der Waals surface area (Å²) in [5.41, 5.74) is -3.04. The smallest absolute Gasteiger partial charge is 0.335 e. The second-order valence-corrected chi connectivity index (χ2v) is 4.89. The molecule has 4 N–H and O–H groups in total. The molecule has 2 aromatic rings. The van der Waals surface area contributed by atoms with Crippen molar-refractivity contribution in [2.75, 3.05) is 0 Å². The zero-order valence-corrected chi connectivity index (χ0v) is 13.6. The minimum absolute atomic E-state index is 0.429. The van der Waals surface area contributed by atoms with E-state index in [1.54, 1.807) is 0 Å². The van der Waals surface area contributed by atoms with Gasteiger partial charge in [-0.25, -0.2) is 9.59 Å². The average Bonchev–Trinajstić information content (AvgIpc) is 2.66. The Labute approximate surface area is 161 Å². The quantitative estimate of drug-likeness (QED) is 0.408. The Morgan fingerprint density at radius 1 is 0.786 bits per heavy atom. The SMILES string of the molecule is O=C(O)c1cc(C(=O)O)cc([N+](=O)[O-])c1.[2H]C([2H])(O)c1cc([N+](=O)[O-])cc(C([2H])([2H])O)c1. The minimum atomic E-state index is -2.86.